The Bertz CT molecular complexity index is 1070. The molecule has 27 heavy (non-hydrogen) atoms. The lowest BCUT2D eigenvalue weighted by atomic mass is 10.2. The summed E-state index contributed by atoms with van der Waals surface area (Å²) in [7, 11) is 0. The number of oxazole rings is 1. The van der Waals surface area contributed by atoms with Crippen molar-refractivity contribution in [2.45, 2.75) is 13.0 Å². The van der Waals surface area contributed by atoms with Gasteiger partial charge in [-0.05, 0) is 24.3 Å². The number of rotatable bonds is 7. The van der Waals surface area contributed by atoms with E-state index in [-0.39, 0.29) is 6.54 Å². The second-order valence-corrected chi connectivity index (χ2v) is 5.99. The number of benzene rings is 1. The number of aliphatic carboxylic acids is 1. The topological polar surface area (TPSA) is 90.4 Å². The van der Waals surface area contributed by atoms with Crippen molar-refractivity contribution in [2.24, 2.45) is 0 Å². The van der Waals surface area contributed by atoms with Crippen LogP contribution in [-0.2, 0) is 17.8 Å². The molecule has 3 aromatic heterocycles. The van der Waals surface area contributed by atoms with Gasteiger partial charge in [0.05, 0.1) is 17.7 Å². The van der Waals surface area contributed by atoms with Crippen molar-refractivity contribution in [3.8, 4) is 17.2 Å². The number of carboxylic acid groups (broad SMARTS) is 1. The third-order valence-corrected chi connectivity index (χ3v) is 4.12. The van der Waals surface area contributed by atoms with Gasteiger partial charge in [0, 0.05) is 24.4 Å². The van der Waals surface area contributed by atoms with Gasteiger partial charge in [-0.25, -0.2) is 9.97 Å². The van der Waals surface area contributed by atoms with E-state index in [2.05, 4.69) is 9.97 Å². The molecule has 0 aliphatic carbocycles. The van der Waals surface area contributed by atoms with E-state index < -0.39 is 5.97 Å². The van der Waals surface area contributed by atoms with Gasteiger partial charge in [-0.3, -0.25) is 4.79 Å². The minimum absolute atomic E-state index is 0.138. The van der Waals surface area contributed by atoms with Crippen LogP contribution in [0.2, 0.25) is 0 Å². The summed E-state index contributed by atoms with van der Waals surface area (Å²) in [5.41, 5.74) is 2.32. The second kappa shape index (κ2) is 7.33. The first kappa shape index (κ1) is 16.8. The minimum Gasteiger partial charge on any atom is -0.492 e. The summed E-state index contributed by atoms with van der Waals surface area (Å²) in [6.45, 7) is 0.283. The molecule has 7 nitrogen and oxygen atoms in total. The van der Waals surface area contributed by atoms with Crippen LogP contribution in [0.3, 0.4) is 0 Å². The average Bonchev–Trinajstić information content (AvgIpc) is 3.30. The molecule has 1 aromatic carbocycles. The maximum absolute atomic E-state index is 10.9. The molecular weight excluding hydrogens is 346 g/mol. The molecule has 0 unspecified atom stereocenters. The summed E-state index contributed by atoms with van der Waals surface area (Å²) in [5.74, 6) is 0.333. The maximum atomic E-state index is 10.9. The Morgan fingerprint density at radius 3 is 2.85 bits per heavy atom. The fourth-order valence-electron chi connectivity index (χ4n) is 2.87. The van der Waals surface area contributed by atoms with Crippen molar-refractivity contribution in [2.75, 3.05) is 6.61 Å². The first-order chi connectivity index (χ1) is 13.2. The van der Waals surface area contributed by atoms with Crippen LogP contribution in [0.15, 0.2) is 65.5 Å². The normalized spacial score (nSPS) is 11.0. The molecule has 3 heterocycles. The molecule has 0 spiro atoms. The molecular formula is C20H17N3O4. The molecule has 0 amide bonds. The third kappa shape index (κ3) is 3.67. The molecule has 7 heteroatoms. The molecule has 4 aromatic rings. The van der Waals surface area contributed by atoms with Crippen LogP contribution >= 0.6 is 0 Å². The lowest BCUT2D eigenvalue weighted by Crippen LogP contribution is -2.08. The zero-order valence-corrected chi connectivity index (χ0v) is 14.4. The number of aromatic nitrogens is 3. The SMILES string of the molecule is O=C(O)Cn1ccc2c(OCCc3coc(-c4ccccc4)n3)ccnc21. The van der Waals surface area contributed by atoms with Gasteiger partial charge in [-0.15, -0.1) is 0 Å². The van der Waals surface area contributed by atoms with Gasteiger partial charge >= 0.3 is 5.97 Å². The van der Waals surface area contributed by atoms with Crippen LogP contribution in [0.5, 0.6) is 5.75 Å². The van der Waals surface area contributed by atoms with Crippen LogP contribution in [0.25, 0.3) is 22.5 Å². The molecule has 0 bridgehead atoms. The van der Waals surface area contributed by atoms with E-state index >= 15 is 0 Å². The summed E-state index contributed by atoms with van der Waals surface area (Å²) in [6, 6.07) is 13.3. The van der Waals surface area contributed by atoms with Crippen molar-refractivity contribution >= 4 is 17.0 Å². The van der Waals surface area contributed by atoms with Gasteiger partial charge in [0.15, 0.2) is 0 Å². The number of ether oxygens (including phenoxy) is 1. The van der Waals surface area contributed by atoms with Gasteiger partial charge < -0.3 is 18.8 Å². The smallest absolute Gasteiger partial charge is 0.323 e. The van der Waals surface area contributed by atoms with Crippen LogP contribution in [0, 0.1) is 0 Å². The molecule has 4 rings (SSSR count). The van der Waals surface area contributed by atoms with E-state index in [4.69, 9.17) is 14.3 Å². The van der Waals surface area contributed by atoms with Gasteiger partial charge in [0.1, 0.15) is 24.2 Å². The minimum atomic E-state index is -0.916. The predicted octanol–water partition coefficient (Wildman–Crippen LogP) is 3.40. The Labute approximate surface area is 154 Å². The first-order valence-corrected chi connectivity index (χ1v) is 8.49. The summed E-state index contributed by atoms with van der Waals surface area (Å²) < 4.78 is 13.0. The first-order valence-electron chi connectivity index (χ1n) is 8.49. The van der Waals surface area contributed by atoms with E-state index in [0.29, 0.717) is 30.3 Å². The molecule has 0 aliphatic rings. The largest absolute Gasteiger partial charge is 0.492 e. The molecule has 0 saturated carbocycles. The predicted molar refractivity (Wildman–Crippen MR) is 98.5 cm³/mol. The highest BCUT2D eigenvalue weighted by Gasteiger charge is 2.11. The molecule has 1 N–H and O–H groups in total. The Kier molecular flexibility index (Phi) is 4.57. The quantitative estimate of drug-likeness (QED) is 0.541. The summed E-state index contributed by atoms with van der Waals surface area (Å²) in [5, 5.41) is 9.75. The molecule has 136 valence electrons. The fourth-order valence-corrected chi connectivity index (χ4v) is 2.87. The standard InChI is InChI=1S/C20H17N3O4/c24-18(25)12-23-10-7-16-17(6-9-21-19(16)23)26-11-8-15-13-27-20(22-15)14-4-2-1-3-5-14/h1-7,9-10,13H,8,11-12H2,(H,24,25). The van der Waals surface area contributed by atoms with Gasteiger partial charge in [0.25, 0.3) is 0 Å². The van der Waals surface area contributed by atoms with E-state index in [9.17, 15) is 4.79 Å². The van der Waals surface area contributed by atoms with Crippen LogP contribution in [0.1, 0.15) is 5.69 Å². The molecule has 0 radical (unpaired) electrons. The zero-order valence-electron chi connectivity index (χ0n) is 14.4. The number of carbonyl (C=O) groups is 1. The number of hydrogen-bond donors (Lipinski definition) is 1. The van der Waals surface area contributed by atoms with E-state index in [1.807, 2.05) is 36.4 Å². The maximum Gasteiger partial charge on any atom is 0.323 e. The molecule has 0 fully saturated rings. The Morgan fingerprint density at radius 2 is 2.04 bits per heavy atom. The van der Waals surface area contributed by atoms with E-state index in [1.54, 1.807) is 29.3 Å². The van der Waals surface area contributed by atoms with E-state index in [0.717, 1.165) is 16.6 Å². The van der Waals surface area contributed by atoms with E-state index in [1.165, 1.54) is 0 Å². The summed E-state index contributed by atoms with van der Waals surface area (Å²) >= 11 is 0. The van der Waals surface area contributed by atoms with Gasteiger partial charge in [0.2, 0.25) is 5.89 Å². The Balaban J connectivity index is 1.43. The number of carboxylic acids is 1. The second-order valence-electron chi connectivity index (χ2n) is 5.99. The molecule has 0 atom stereocenters. The zero-order chi connectivity index (χ0) is 18.6. The summed E-state index contributed by atoms with van der Waals surface area (Å²) in [4.78, 5) is 19.7. The average molecular weight is 363 g/mol. The summed E-state index contributed by atoms with van der Waals surface area (Å²) in [6.07, 6.45) is 5.54. The lowest BCUT2D eigenvalue weighted by molar-refractivity contribution is -0.137. The van der Waals surface area contributed by atoms with Gasteiger partial charge in [-0.2, -0.15) is 0 Å². The number of hydrogen-bond acceptors (Lipinski definition) is 5. The number of pyridine rings is 1. The lowest BCUT2D eigenvalue weighted by Gasteiger charge is -2.07. The monoisotopic (exact) mass is 363 g/mol. The van der Waals surface area contributed by atoms with Crippen molar-refractivity contribution in [3.63, 3.8) is 0 Å². The fraction of sp³-hybridized carbons (Fsp3) is 0.150. The number of nitrogens with zero attached hydrogens (tertiary/aromatic N) is 3. The van der Waals surface area contributed by atoms with Crippen LogP contribution in [0.4, 0.5) is 0 Å². The van der Waals surface area contributed by atoms with Crippen LogP contribution in [-0.4, -0.2) is 32.2 Å². The highest BCUT2D eigenvalue weighted by atomic mass is 16.5. The Hall–Kier alpha value is -3.61. The van der Waals surface area contributed by atoms with Crippen molar-refractivity contribution < 1.29 is 19.1 Å². The molecule has 0 saturated heterocycles. The van der Waals surface area contributed by atoms with Crippen LogP contribution < -0.4 is 4.74 Å². The third-order valence-electron chi connectivity index (χ3n) is 4.12. The van der Waals surface area contributed by atoms with Crippen molar-refractivity contribution in [3.05, 3.63) is 66.8 Å². The molecule has 0 aliphatic heterocycles. The van der Waals surface area contributed by atoms with Crippen molar-refractivity contribution in [1.82, 2.24) is 14.5 Å². The Morgan fingerprint density at radius 1 is 1.19 bits per heavy atom. The highest BCUT2D eigenvalue weighted by molar-refractivity contribution is 5.84. The number of fused-ring (bicyclic) bond motifs is 1. The highest BCUT2D eigenvalue weighted by Crippen LogP contribution is 2.25. The van der Waals surface area contributed by atoms with Crippen molar-refractivity contribution in [1.29, 1.82) is 0 Å². The van der Waals surface area contributed by atoms with Gasteiger partial charge in [-0.1, -0.05) is 18.2 Å².